The van der Waals surface area contributed by atoms with Crippen LogP contribution in [0.4, 0.5) is 17.5 Å². The lowest BCUT2D eigenvalue weighted by Gasteiger charge is -2.10. The fraction of sp³-hybridized carbons (Fsp3) is 0.158. The van der Waals surface area contributed by atoms with Crippen molar-refractivity contribution in [1.29, 1.82) is 0 Å². The van der Waals surface area contributed by atoms with Gasteiger partial charge < -0.3 is 16.0 Å². The molecule has 0 fully saturated rings. The molecule has 0 radical (unpaired) electrons. The van der Waals surface area contributed by atoms with Gasteiger partial charge in [-0.3, -0.25) is 4.79 Å². The molecule has 0 spiro atoms. The van der Waals surface area contributed by atoms with E-state index in [0.717, 1.165) is 0 Å². The molecule has 0 bridgehead atoms. The highest BCUT2D eigenvalue weighted by molar-refractivity contribution is 6.30. The van der Waals surface area contributed by atoms with Crippen molar-refractivity contribution in [3.05, 3.63) is 71.1 Å². The van der Waals surface area contributed by atoms with Crippen molar-refractivity contribution in [3.8, 4) is 0 Å². The Hall–Kier alpha value is -3.19. The van der Waals surface area contributed by atoms with Gasteiger partial charge in [0.15, 0.2) is 0 Å². The first-order valence-corrected chi connectivity index (χ1v) is 8.79. The third kappa shape index (κ3) is 5.65. The minimum atomic E-state index is -0.148. The molecule has 0 aliphatic heterocycles. The van der Waals surface area contributed by atoms with Gasteiger partial charge in [-0.15, -0.1) is 0 Å². The molecule has 8 heteroatoms. The topological polar surface area (TPSA) is 91.8 Å². The Labute approximate surface area is 162 Å². The number of hydrogen-bond acceptors (Lipinski definition) is 6. The third-order valence-corrected chi connectivity index (χ3v) is 3.83. The zero-order valence-corrected chi connectivity index (χ0v) is 15.5. The van der Waals surface area contributed by atoms with E-state index in [2.05, 4.69) is 30.9 Å². The summed E-state index contributed by atoms with van der Waals surface area (Å²) in [4.78, 5) is 25.0. The monoisotopic (exact) mass is 382 g/mol. The molecule has 27 heavy (non-hydrogen) atoms. The molecule has 138 valence electrons. The molecule has 2 heterocycles. The lowest BCUT2D eigenvalue weighted by molar-refractivity contribution is 0.0955. The summed E-state index contributed by atoms with van der Waals surface area (Å²) in [7, 11) is 0. The van der Waals surface area contributed by atoms with Crippen molar-refractivity contribution in [2.75, 3.05) is 23.7 Å². The average molecular weight is 383 g/mol. The smallest absolute Gasteiger partial charge is 0.251 e. The summed E-state index contributed by atoms with van der Waals surface area (Å²) in [6.07, 6.45) is 1.71. The van der Waals surface area contributed by atoms with Crippen molar-refractivity contribution in [2.45, 2.75) is 6.92 Å². The number of amides is 1. The van der Waals surface area contributed by atoms with Crippen LogP contribution in [0.15, 0.2) is 54.7 Å². The molecule has 3 rings (SSSR count). The predicted molar refractivity (Wildman–Crippen MR) is 107 cm³/mol. The Kier molecular flexibility index (Phi) is 6.17. The first-order valence-electron chi connectivity index (χ1n) is 8.41. The number of carbonyl (C=O) groups excluding carboxylic acids is 1. The summed E-state index contributed by atoms with van der Waals surface area (Å²) in [6.45, 7) is 2.80. The molecular weight excluding hydrogens is 364 g/mol. The number of aryl methyl sites for hydroxylation is 1. The number of halogens is 1. The van der Waals surface area contributed by atoms with Crippen LogP contribution in [0.25, 0.3) is 0 Å². The molecule has 0 atom stereocenters. The fourth-order valence-electron chi connectivity index (χ4n) is 2.36. The molecule has 1 aromatic carbocycles. The summed E-state index contributed by atoms with van der Waals surface area (Å²) in [5.41, 5.74) is 0.569. The molecule has 3 aromatic rings. The van der Waals surface area contributed by atoms with Crippen molar-refractivity contribution < 1.29 is 4.79 Å². The van der Waals surface area contributed by atoms with Crippen molar-refractivity contribution in [2.24, 2.45) is 0 Å². The molecule has 1 amide bonds. The van der Waals surface area contributed by atoms with Gasteiger partial charge in [-0.2, -0.15) is 0 Å². The number of aromatic nitrogens is 3. The number of nitrogens with one attached hydrogen (secondary N) is 3. The maximum Gasteiger partial charge on any atom is 0.251 e. The minimum absolute atomic E-state index is 0.148. The second-order valence-corrected chi connectivity index (χ2v) is 6.15. The van der Waals surface area contributed by atoms with Crippen LogP contribution in [0.1, 0.15) is 16.2 Å². The van der Waals surface area contributed by atoms with Crippen LogP contribution >= 0.6 is 11.6 Å². The second kappa shape index (κ2) is 8.95. The van der Waals surface area contributed by atoms with Gasteiger partial charge in [-0.25, -0.2) is 15.0 Å². The molecule has 2 aromatic heterocycles. The van der Waals surface area contributed by atoms with E-state index in [0.29, 0.717) is 47.0 Å². The summed E-state index contributed by atoms with van der Waals surface area (Å²) in [6, 6.07) is 14.2. The van der Waals surface area contributed by atoms with E-state index in [1.807, 2.05) is 25.1 Å². The van der Waals surface area contributed by atoms with Crippen molar-refractivity contribution in [1.82, 2.24) is 20.3 Å². The van der Waals surface area contributed by atoms with E-state index < -0.39 is 0 Å². The zero-order chi connectivity index (χ0) is 19.1. The first kappa shape index (κ1) is 18.6. The molecular formula is C19H19ClN6O. The Morgan fingerprint density at radius 1 is 1.00 bits per heavy atom. The second-order valence-electron chi connectivity index (χ2n) is 5.72. The number of pyridine rings is 1. The Bertz CT molecular complexity index is 902. The molecule has 0 unspecified atom stereocenters. The zero-order valence-electron chi connectivity index (χ0n) is 14.7. The van der Waals surface area contributed by atoms with Crippen LogP contribution in [0.2, 0.25) is 5.02 Å². The highest BCUT2D eigenvalue weighted by Gasteiger charge is 2.05. The van der Waals surface area contributed by atoms with E-state index in [1.165, 1.54) is 0 Å². The molecule has 0 aliphatic carbocycles. The highest BCUT2D eigenvalue weighted by atomic mass is 35.5. The van der Waals surface area contributed by atoms with Crippen LogP contribution in [0.3, 0.4) is 0 Å². The van der Waals surface area contributed by atoms with E-state index in [9.17, 15) is 4.79 Å². The van der Waals surface area contributed by atoms with E-state index >= 15 is 0 Å². The molecule has 0 aliphatic rings. The Balaban J connectivity index is 1.52. The maximum absolute atomic E-state index is 12.1. The van der Waals surface area contributed by atoms with Gasteiger partial charge in [0.2, 0.25) is 0 Å². The Morgan fingerprint density at radius 2 is 1.78 bits per heavy atom. The molecule has 0 saturated heterocycles. The van der Waals surface area contributed by atoms with Crippen LogP contribution in [0, 0.1) is 6.92 Å². The fourth-order valence-corrected chi connectivity index (χ4v) is 2.49. The number of anilines is 3. The van der Waals surface area contributed by atoms with Gasteiger partial charge in [0.25, 0.3) is 5.91 Å². The molecule has 3 N–H and O–H groups in total. The lowest BCUT2D eigenvalue weighted by atomic mass is 10.2. The summed E-state index contributed by atoms with van der Waals surface area (Å²) >= 11 is 5.82. The number of hydrogen-bond donors (Lipinski definition) is 3. The average Bonchev–Trinajstić information content (AvgIpc) is 2.66. The van der Waals surface area contributed by atoms with E-state index in [4.69, 9.17) is 11.6 Å². The van der Waals surface area contributed by atoms with Gasteiger partial charge in [0.05, 0.1) is 0 Å². The third-order valence-electron chi connectivity index (χ3n) is 3.58. The highest BCUT2D eigenvalue weighted by Crippen LogP contribution is 2.15. The predicted octanol–water partition coefficient (Wildman–Crippen LogP) is 3.42. The standard InChI is InChI=1S/C19H19ClN6O/c1-13-24-17(12-18(25-13)26-16-4-2-3-9-21-16)22-10-11-23-19(27)14-5-7-15(20)8-6-14/h2-9,12H,10-11H2,1H3,(H,23,27)(H2,21,22,24,25,26). The van der Waals surface area contributed by atoms with Gasteiger partial charge in [0, 0.05) is 35.9 Å². The maximum atomic E-state index is 12.1. The summed E-state index contributed by atoms with van der Waals surface area (Å²) in [5.74, 6) is 2.50. The van der Waals surface area contributed by atoms with Crippen LogP contribution in [-0.2, 0) is 0 Å². The van der Waals surface area contributed by atoms with Gasteiger partial charge in [-0.1, -0.05) is 17.7 Å². The Morgan fingerprint density at radius 3 is 2.52 bits per heavy atom. The number of benzene rings is 1. The van der Waals surface area contributed by atoms with Gasteiger partial charge in [-0.05, 0) is 43.3 Å². The minimum Gasteiger partial charge on any atom is -0.368 e. The SMILES string of the molecule is Cc1nc(NCCNC(=O)c2ccc(Cl)cc2)cc(Nc2ccccn2)n1. The molecule has 7 nitrogen and oxygen atoms in total. The van der Waals surface area contributed by atoms with Crippen LogP contribution in [0.5, 0.6) is 0 Å². The number of carbonyl (C=O) groups is 1. The largest absolute Gasteiger partial charge is 0.368 e. The van der Waals surface area contributed by atoms with Gasteiger partial charge in [0.1, 0.15) is 23.3 Å². The first-order chi connectivity index (χ1) is 13.1. The summed E-state index contributed by atoms with van der Waals surface area (Å²) < 4.78 is 0. The van der Waals surface area contributed by atoms with Crippen molar-refractivity contribution >= 4 is 35.0 Å². The summed E-state index contributed by atoms with van der Waals surface area (Å²) in [5, 5.41) is 9.76. The quantitative estimate of drug-likeness (QED) is 0.542. The van der Waals surface area contributed by atoms with Gasteiger partial charge >= 0.3 is 0 Å². The number of nitrogens with zero attached hydrogens (tertiary/aromatic N) is 3. The van der Waals surface area contributed by atoms with E-state index in [-0.39, 0.29) is 5.91 Å². The van der Waals surface area contributed by atoms with E-state index in [1.54, 1.807) is 36.5 Å². The normalized spacial score (nSPS) is 10.3. The van der Waals surface area contributed by atoms with Crippen molar-refractivity contribution in [3.63, 3.8) is 0 Å². The lowest BCUT2D eigenvalue weighted by Crippen LogP contribution is -2.28. The molecule has 0 saturated carbocycles. The van der Waals surface area contributed by atoms with Crippen LogP contribution in [-0.4, -0.2) is 33.9 Å². The number of rotatable bonds is 7. The van der Waals surface area contributed by atoms with Crippen LogP contribution < -0.4 is 16.0 Å².